The average molecular weight is 153 g/mol. The van der Waals surface area contributed by atoms with Crippen LogP contribution in [0.1, 0.15) is 39.0 Å². The molecular formula is C10H19N. The first-order valence-corrected chi connectivity index (χ1v) is 5.13. The lowest BCUT2D eigenvalue weighted by molar-refractivity contribution is 0.353. The maximum atomic E-state index is 3.66. The Labute approximate surface area is 69.6 Å². The van der Waals surface area contributed by atoms with Gasteiger partial charge in [-0.2, -0.15) is 0 Å². The molecule has 1 heteroatoms. The molecule has 64 valence electrons. The third-order valence-corrected chi connectivity index (χ3v) is 3.39. The Bertz CT molecular complexity index is 133. The van der Waals surface area contributed by atoms with Crippen molar-refractivity contribution in [2.45, 2.75) is 45.1 Å². The van der Waals surface area contributed by atoms with Gasteiger partial charge < -0.3 is 5.32 Å². The SMILES string of the molecule is CCCN[C@H]1C[C@@H]2CC[C@@H]1C2. The second kappa shape index (κ2) is 3.14. The monoisotopic (exact) mass is 153 g/mol. The summed E-state index contributed by atoms with van der Waals surface area (Å²) in [7, 11) is 0. The first kappa shape index (κ1) is 7.60. The van der Waals surface area contributed by atoms with Crippen LogP contribution in [0.2, 0.25) is 0 Å². The van der Waals surface area contributed by atoms with Crippen molar-refractivity contribution in [3.05, 3.63) is 0 Å². The summed E-state index contributed by atoms with van der Waals surface area (Å²) in [4.78, 5) is 0. The van der Waals surface area contributed by atoms with Crippen LogP contribution in [0.4, 0.5) is 0 Å². The van der Waals surface area contributed by atoms with E-state index < -0.39 is 0 Å². The standard InChI is InChI=1S/C10H19N/c1-2-5-11-10-7-8-3-4-9(10)6-8/h8-11H,2-7H2,1H3/t8-,9-,10+/m1/s1. The van der Waals surface area contributed by atoms with E-state index in [9.17, 15) is 0 Å². The van der Waals surface area contributed by atoms with Gasteiger partial charge in [-0.05, 0) is 44.1 Å². The van der Waals surface area contributed by atoms with Crippen molar-refractivity contribution in [3.8, 4) is 0 Å². The molecule has 2 saturated carbocycles. The van der Waals surface area contributed by atoms with Crippen molar-refractivity contribution in [3.63, 3.8) is 0 Å². The van der Waals surface area contributed by atoms with Crippen LogP contribution in [0.3, 0.4) is 0 Å². The smallest absolute Gasteiger partial charge is 0.00980 e. The maximum Gasteiger partial charge on any atom is 0.00980 e. The molecule has 2 aliphatic carbocycles. The third-order valence-electron chi connectivity index (χ3n) is 3.39. The summed E-state index contributed by atoms with van der Waals surface area (Å²) in [5.41, 5.74) is 0. The van der Waals surface area contributed by atoms with E-state index in [0.717, 1.165) is 17.9 Å². The summed E-state index contributed by atoms with van der Waals surface area (Å²) in [5.74, 6) is 2.14. The fraction of sp³-hybridized carbons (Fsp3) is 1.00. The van der Waals surface area contributed by atoms with E-state index in [1.165, 1.54) is 38.6 Å². The zero-order valence-corrected chi connectivity index (χ0v) is 7.47. The molecule has 2 bridgehead atoms. The van der Waals surface area contributed by atoms with E-state index in [1.54, 1.807) is 0 Å². The molecule has 1 N–H and O–H groups in total. The molecule has 2 fully saturated rings. The van der Waals surface area contributed by atoms with Gasteiger partial charge in [-0.3, -0.25) is 0 Å². The molecule has 1 nitrogen and oxygen atoms in total. The highest BCUT2D eigenvalue weighted by atomic mass is 14.9. The second-order valence-corrected chi connectivity index (χ2v) is 4.24. The molecule has 2 aliphatic rings. The van der Waals surface area contributed by atoms with Gasteiger partial charge in [-0.25, -0.2) is 0 Å². The zero-order chi connectivity index (χ0) is 7.68. The molecule has 0 aromatic rings. The average Bonchev–Trinajstić information content (AvgIpc) is 2.60. The topological polar surface area (TPSA) is 12.0 Å². The van der Waals surface area contributed by atoms with E-state index in [4.69, 9.17) is 0 Å². The first-order chi connectivity index (χ1) is 5.40. The highest BCUT2D eigenvalue weighted by Crippen LogP contribution is 2.44. The lowest BCUT2D eigenvalue weighted by atomic mass is 9.95. The van der Waals surface area contributed by atoms with Crippen LogP contribution in [-0.2, 0) is 0 Å². The Morgan fingerprint density at radius 3 is 2.73 bits per heavy atom. The Morgan fingerprint density at radius 2 is 2.18 bits per heavy atom. The Morgan fingerprint density at radius 1 is 1.27 bits per heavy atom. The van der Waals surface area contributed by atoms with Crippen molar-refractivity contribution in [2.24, 2.45) is 11.8 Å². The Balaban J connectivity index is 1.78. The molecule has 0 heterocycles. The Kier molecular flexibility index (Phi) is 2.17. The predicted molar refractivity (Wildman–Crippen MR) is 47.5 cm³/mol. The van der Waals surface area contributed by atoms with Crippen LogP contribution in [0.25, 0.3) is 0 Å². The minimum Gasteiger partial charge on any atom is -0.314 e. The summed E-state index contributed by atoms with van der Waals surface area (Å²) < 4.78 is 0. The van der Waals surface area contributed by atoms with Crippen LogP contribution in [0, 0.1) is 11.8 Å². The number of hydrogen-bond acceptors (Lipinski definition) is 1. The van der Waals surface area contributed by atoms with E-state index in [0.29, 0.717) is 0 Å². The lowest BCUT2D eigenvalue weighted by Crippen LogP contribution is -2.34. The molecule has 0 saturated heterocycles. The van der Waals surface area contributed by atoms with Crippen molar-refractivity contribution >= 4 is 0 Å². The van der Waals surface area contributed by atoms with Gasteiger partial charge in [0.15, 0.2) is 0 Å². The molecular weight excluding hydrogens is 134 g/mol. The number of hydrogen-bond donors (Lipinski definition) is 1. The molecule has 0 unspecified atom stereocenters. The van der Waals surface area contributed by atoms with Crippen molar-refractivity contribution in [2.75, 3.05) is 6.54 Å². The van der Waals surface area contributed by atoms with E-state index >= 15 is 0 Å². The second-order valence-electron chi connectivity index (χ2n) is 4.24. The van der Waals surface area contributed by atoms with Crippen molar-refractivity contribution in [1.29, 1.82) is 0 Å². The van der Waals surface area contributed by atoms with Gasteiger partial charge in [0.05, 0.1) is 0 Å². The fourth-order valence-corrected chi connectivity index (χ4v) is 2.82. The summed E-state index contributed by atoms with van der Waals surface area (Å²) in [5, 5.41) is 3.66. The minimum absolute atomic E-state index is 0.897. The third kappa shape index (κ3) is 1.44. The van der Waals surface area contributed by atoms with Gasteiger partial charge in [0.2, 0.25) is 0 Å². The van der Waals surface area contributed by atoms with Crippen molar-refractivity contribution < 1.29 is 0 Å². The quantitative estimate of drug-likeness (QED) is 0.655. The van der Waals surface area contributed by atoms with Crippen LogP contribution in [-0.4, -0.2) is 12.6 Å². The van der Waals surface area contributed by atoms with Gasteiger partial charge in [-0.15, -0.1) is 0 Å². The zero-order valence-electron chi connectivity index (χ0n) is 7.47. The lowest BCUT2D eigenvalue weighted by Gasteiger charge is -2.22. The van der Waals surface area contributed by atoms with Crippen LogP contribution >= 0.6 is 0 Å². The van der Waals surface area contributed by atoms with E-state index in [-0.39, 0.29) is 0 Å². The Hall–Kier alpha value is -0.0400. The molecule has 0 spiro atoms. The first-order valence-electron chi connectivity index (χ1n) is 5.13. The highest BCUT2D eigenvalue weighted by Gasteiger charge is 2.38. The van der Waals surface area contributed by atoms with Crippen molar-refractivity contribution in [1.82, 2.24) is 5.32 Å². The molecule has 0 aromatic carbocycles. The minimum atomic E-state index is 0.897. The summed E-state index contributed by atoms with van der Waals surface area (Å²) in [6, 6.07) is 0.897. The molecule has 2 rings (SSSR count). The highest BCUT2D eigenvalue weighted by molar-refractivity contribution is 4.93. The van der Waals surface area contributed by atoms with Crippen LogP contribution < -0.4 is 5.32 Å². The van der Waals surface area contributed by atoms with Gasteiger partial charge in [0.1, 0.15) is 0 Å². The number of rotatable bonds is 3. The van der Waals surface area contributed by atoms with E-state index in [1.807, 2.05) is 0 Å². The summed E-state index contributed by atoms with van der Waals surface area (Å²) >= 11 is 0. The molecule has 0 radical (unpaired) electrons. The largest absolute Gasteiger partial charge is 0.314 e. The van der Waals surface area contributed by atoms with Crippen LogP contribution in [0.5, 0.6) is 0 Å². The molecule has 0 amide bonds. The molecule has 3 atom stereocenters. The summed E-state index contributed by atoms with van der Waals surface area (Å²) in [6.07, 6.45) is 7.32. The fourth-order valence-electron chi connectivity index (χ4n) is 2.82. The number of nitrogens with one attached hydrogen (secondary N) is 1. The van der Waals surface area contributed by atoms with Gasteiger partial charge >= 0.3 is 0 Å². The molecule has 11 heavy (non-hydrogen) atoms. The molecule has 0 aliphatic heterocycles. The van der Waals surface area contributed by atoms with E-state index in [2.05, 4.69) is 12.2 Å². The van der Waals surface area contributed by atoms with Gasteiger partial charge in [0, 0.05) is 6.04 Å². The summed E-state index contributed by atoms with van der Waals surface area (Å²) in [6.45, 7) is 3.48. The van der Waals surface area contributed by atoms with Gasteiger partial charge in [-0.1, -0.05) is 13.3 Å². The number of fused-ring (bicyclic) bond motifs is 2. The maximum absolute atomic E-state index is 3.66. The molecule has 0 aromatic heterocycles. The van der Waals surface area contributed by atoms with Crippen LogP contribution in [0.15, 0.2) is 0 Å². The van der Waals surface area contributed by atoms with Gasteiger partial charge in [0.25, 0.3) is 0 Å². The normalized spacial score (nSPS) is 41.7. The predicted octanol–water partition coefficient (Wildman–Crippen LogP) is 2.17.